The molecule has 4 aliphatic rings. The molecule has 1 N–H and O–H groups in total. The van der Waals surface area contributed by atoms with Crippen molar-refractivity contribution in [3.05, 3.63) is 41.4 Å². The van der Waals surface area contributed by atoms with E-state index in [1.54, 1.807) is 12.7 Å². The van der Waals surface area contributed by atoms with E-state index in [-0.39, 0.29) is 6.03 Å². The Balaban J connectivity index is 1.32. The summed E-state index contributed by atoms with van der Waals surface area (Å²) in [6, 6.07) is 7.02. The van der Waals surface area contributed by atoms with Gasteiger partial charge in [0.15, 0.2) is 0 Å². The maximum atomic E-state index is 12.8. The number of urea groups is 1. The molecular weight excluding hydrogens is 362 g/mol. The lowest BCUT2D eigenvalue weighted by Crippen LogP contribution is -2.63. The minimum absolute atomic E-state index is 0.0281. The third-order valence-corrected chi connectivity index (χ3v) is 6.96. The van der Waals surface area contributed by atoms with E-state index >= 15 is 0 Å². The number of aromatic nitrogens is 3. The van der Waals surface area contributed by atoms with Gasteiger partial charge in [0.25, 0.3) is 0 Å². The normalized spacial score (nSPS) is 31.8. The van der Waals surface area contributed by atoms with Crippen molar-refractivity contribution in [2.75, 3.05) is 5.32 Å². The van der Waals surface area contributed by atoms with E-state index in [1.165, 1.54) is 0 Å². The number of hydrogen-bond donors (Lipinski definition) is 1. The number of amides is 2. The van der Waals surface area contributed by atoms with Crippen LogP contribution in [0.3, 0.4) is 0 Å². The van der Waals surface area contributed by atoms with Gasteiger partial charge in [0.05, 0.1) is 0 Å². The number of carbonyl (C=O) groups is 1. The number of rotatable bonds is 3. The van der Waals surface area contributed by atoms with E-state index in [2.05, 4.69) is 27.0 Å². The van der Waals surface area contributed by atoms with Crippen molar-refractivity contribution in [2.24, 2.45) is 5.92 Å². The van der Waals surface area contributed by atoms with Crippen molar-refractivity contribution in [2.45, 2.75) is 63.1 Å². The molecule has 2 amide bonds. The zero-order valence-electron chi connectivity index (χ0n) is 15.4. The molecule has 142 valence electrons. The standard InChI is InChI=1S/C20H24ClN5O/c1-12-6-14-9-15(7-12)26(14)20(27)24-13-2-4-18(21)17(8-13)16-3-5-19(16)25-10-22-23-11-25/h2,4,8,10-12,14-16,19H,3,5-7,9H2,1H3,(H,24,27)/t12?,14-,15?,16+,19+/m0/s1. The van der Waals surface area contributed by atoms with Crippen LogP contribution < -0.4 is 5.32 Å². The molecule has 2 unspecified atom stereocenters. The van der Waals surface area contributed by atoms with Crippen LogP contribution in [-0.4, -0.2) is 37.8 Å². The fraction of sp³-hybridized carbons (Fsp3) is 0.550. The highest BCUT2D eigenvalue weighted by atomic mass is 35.5. The molecule has 6 rings (SSSR count). The fourth-order valence-electron chi connectivity index (χ4n) is 5.15. The Morgan fingerprint density at radius 1 is 1.15 bits per heavy atom. The number of anilines is 1. The van der Waals surface area contributed by atoms with Crippen LogP contribution in [0.4, 0.5) is 10.5 Å². The third kappa shape index (κ3) is 2.90. The molecule has 5 atom stereocenters. The van der Waals surface area contributed by atoms with Crippen molar-refractivity contribution in [3.63, 3.8) is 0 Å². The molecule has 2 aliphatic heterocycles. The first kappa shape index (κ1) is 17.0. The minimum atomic E-state index is 0.0281. The first-order chi connectivity index (χ1) is 13.1. The summed E-state index contributed by atoms with van der Waals surface area (Å²) in [5.74, 6) is 1.06. The number of piperidine rings is 1. The molecule has 0 spiro atoms. The zero-order chi connectivity index (χ0) is 18.5. The molecule has 2 saturated heterocycles. The van der Waals surface area contributed by atoms with Crippen LogP contribution in [0.1, 0.15) is 56.6 Å². The number of benzene rings is 1. The Labute approximate surface area is 163 Å². The molecule has 7 heteroatoms. The quantitative estimate of drug-likeness (QED) is 0.848. The van der Waals surface area contributed by atoms with Crippen molar-refractivity contribution in [3.8, 4) is 0 Å². The summed E-state index contributed by atoms with van der Waals surface area (Å²) in [5, 5.41) is 11.7. The van der Waals surface area contributed by atoms with Gasteiger partial charge in [0.1, 0.15) is 12.7 Å². The molecule has 2 saturated carbocycles. The monoisotopic (exact) mass is 385 g/mol. The molecule has 2 aliphatic carbocycles. The molecule has 27 heavy (non-hydrogen) atoms. The Kier molecular flexibility index (Phi) is 4.11. The van der Waals surface area contributed by atoms with Gasteiger partial charge in [-0.1, -0.05) is 18.5 Å². The van der Waals surface area contributed by atoms with E-state index in [0.29, 0.717) is 24.0 Å². The topological polar surface area (TPSA) is 63.1 Å². The molecule has 1 aromatic heterocycles. The maximum absolute atomic E-state index is 12.8. The molecule has 2 bridgehead atoms. The highest BCUT2D eigenvalue weighted by Crippen LogP contribution is 2.48. The number of carbonyl (C=O) groups excluding carboxylic acids is 1. The molecule has 1 aromatic carbocycles. The van der Waals surface area contributed by atoms with Gasteiger partial charge in [0.2, 0.25) is 0 Å². The van der Waals surface area contributed by atoms with Crippen LogP contribution in [0.15, 0.2) is 30.9 Å². The lowest BCUT2D eigenvalue weighted by molar-refractivity contribution is -0.00601. The van der Waals surface area contributed by atoms with Crippen molar-refractivity contribution < 1.29 is 4.79 Å². The van der Waals surface area contributed by atoms with Gasteiger partial charge in [-0.05, 0) is 61.8 Å². The lowest BCUT2D eigenvalue weighted by atomic mass is 9.74. The molecule has 4 fully saturated rings. The molecule has 0 radical (unpaired) electrons. The van der Waals surface area contributed by atoms with Crippen LogP contribution >= 0.6 is 11.6 Å². The zero-order valence-corrected chi connectivity index (χ0v) is 16.1. The molecule has 2 aromatic rings. The minimum Gasteiger partial charge on any atom is -0.318 e. The van der Waals surface area contributed by atoms with Crippen molar-refractivity contribution >= 4 is 23.3 Å². The van der Waals surface area contributed by atoms with Gasteiger partial charge in [0, 0.05) is 34.8 Å². The van der Waals surface area contributed by atoms with Gasteiger partial charge in [-0.3, -0.25) is 0 Å². The predicted octanol–water partition coefficient (Wildman–Crippen LogP) is 4.45. The highest BCUT2D eigenvalue weighted by Gasteiger charge is 2.46. The average Bonchev–Trinajstić information content (AvgIpc) is 3.10. The average molecular weight is 386 g/mol. The van der Waals surface area contributed by atoms with Crippen LogP contribution in [0.2, 0.25) is 5.02 Å². The first-order valence-electron chi connectivity index (χ1n) is 9.83. The second-order valence-electron chi connectivity index (χ2n) is 8.35. The van der Waals surface area contributed by atoms with Crippen LogP contribution in [0, 0.1) is 5.92 Å². The summed E-state index contributed by atoms with van der Waals surface area (Å²) in [4.78, 5) is 14.8. The predicted molar refractivity (Wildman–Crippen MR) is 104 cm³/mol. The summed E-state index contributed by atoms with van der Waals surface area (Å²) in [7, 11) is 0. The summed E-state index contributed by atoms with van der Waals surface area (Å²) >= 11 is 6.50. The smallest absolute Gasteiger partial charge is 0.318 e. The van der Waals surface area contributed by atoms with E-state index in [9.17, 15) is 4.79 Å². The highest BCUT2D eigenvalue weighted by molar-refractivity contribution is 6.31. The Bertz CT molecular complexity index is 842. The van der Waals surface area contributed by atoms with E-state index in [1.807, 2.05) is 23.1 Å². The van der Waals surface area contributed by atoms with Crippen LogP contribution in [0.5, 0.6) is 0 Å². The van der Waals surface area contributed by atoms with Gasteiger partial charge in [-0.2, -0.15) is 0 Å². The molecule has 6 nitrogen and oxygen atoms in total. The Morgan fingerprint density at radius 2 is 1.89 bits per heavy atom. The SMILES string of the molecule is CC1CC2C[C@H](C1)N2C(=O)Nc1ccc(Cl)c([C@H]2CC[C@H]2n2cnnc2)c1. The second-order valence-corrected chi connectivity index (χ2v) is 8.76. The number of hydrogen-bond acceptors (Lipinski definition) is 3. The largest absolute Gasteiger partial charge is 0.322 e. The Morgan fingerprint density at radius 3 is 2.56 bits per heavy atom. The number of fused-ring (bicyclic) bond motifs is 2. The summed E-state index contributed by atoms with van der Waals surface area (Å²) in [6.45, 7) is 2.28. The number of nitrogens with zero attached hydrogens (tertiary/aromatic N) is 4. The lowest BCUT2D eigenvalue weighted by Gasteiger charge is -2.54. The third-order valence-electron chi connectivity index (χ3n) is 6.62. The van der Waals surface area contributed by atoms with Gasteiger partial charge in [-0.25, -0.2) is 4.79 Å². The molecule has 3 heterocycles. The second kappa shape index (κ2) is 6.51. The number of halogens is 1. The van der Waals surface area contributed by atoms with Crippen molar-refractivity contribution in [1.29, 1.82) is 0 Å². The summed E-state index contributed by atoms with van der Waals surface area (Å²) in [5.41, 5.74) is 1.92. The van der Waals surface area contributed by atoms with E-state index in [0.717, 1.165) is 54.3 Å². The van der Waals surface area contributed by atoms with Gasteiger partial charge < -0.3 is 14.8 Å². The van der Waals surface area contributed by atoms with E-state index in [4.69, 9.17) is 11.6 Å². The summed E-state index contributed by atoms with van der Waals surface area (Å²) < 4.78 is 2.05. The summed E-state index contributed by atoms with van der Waals surface area (Å²) in [6.07, 6.45) is 9.10. The maximum Gasteiger partial charge on any atom is 0.322 e. The fourth-order valence-corrected chi connectivity index (χ4v) is 5.41. The Hall–Kier alpha value is -2.08. The first-order valence-corrected chi connectivity index (χ1v) is 10.2. The molecular formula is C20H24ClN5O. The number of nitrogens with one attached hydrogen (secondary N) is 1. The van der Waals surface area contributed by atoms with Crippen LogP contribution in [-0.2, 0) is 0 Å². The van der Waals surface area contributed by atoms with Gasteiger partial charge in [-0.15, -0.1) is 10.2 Å². The van der Waals surface area contributed by atoms with Gasteiger partial charge >= 0.3 is 6.03 Å². The van der Waals surface area contributed by atoms with Crippen LogP contribution in [0.25, 0.3) is 0 Å². The van der Waals surface area contributed by atoms with E-state index < -0.39 is 0 Å². The van der Waals surface area contributed by atoms with Crippen molar-refractivity contribution in [1.82, 2.24) is 19.7 Å².